The van der Waals surface area contributed by atoms with E-state index in [0.29, 0.717) is 34.6 Å². The van der Waals surface area contributed by atoms with Crippen LogP contribution in [0.25, 0.3) is 5.65 Å². The van der Waals surface area contributed by atoms with E-state index in [-0.39, 0.29) is 17.7 Å². The van der Waals surface area contributed by atoms with Crippen LogP contribution in [0.2, 0.25) is 0 Å². The molecule has 1 aliphatic rings. The van der Waals surface area contributed by atoms with Gasteiger partial charge in [-0.1, -0.05) is 6.07 Å². The number of benzene rings is 1. The molecule has 1 fully saturated rings. The van der Waals surface area contributed by atoms with Crippen molar-refractivity contribution < 1.29 is 14.3 Å². The van der Waals surface area contributed by atoms with Gasteiger partial charge in [0, 0.05) is 43.2 Å². The quantitative estimate of drug-likeness (QED) is 0.498. The van der Waals surface area contributed by atoms with Gasteiger partial charge in [-0.15, -0.1) is 5.10 Å². The molecule has 2 amide bonds. The molecule has 0 atom stereocenters. The van der Waals surface area contributed by atoms with Gasteiger partial charge in [0.25, 0.3) is 5.91 Å². The van der Waals surface area contributed by atoms with Gasteiger partial charge in [0.05, 0.1) is 6.20 Å². The summed E-state index contributed by atoms with van der Waals surface area (Å²) < 4.78 is 9.03. The van der Waals surface area contributed by atoms with Crippen molar-refractivity contribution in [2.24, 2.45) is 13.0 Å². The number of hydrogen-bond donors (Lipinski definition) is 2. The van der Waals surface area contributed by atoms with Crippen molar-refractivity contribution in [3.8, 4) is 11.6 Å². The van der Waals surface area contributed by atoms with Crippen molar-refractivity contribution in [1.82, 2.24) is 24.1 Å². The lowest BCUT2D eigenvalue weighted by Crippen LogP contribution is -2.16. The topological polar surface area (TPSA) is 115 Å². The minimum absolute atomic E-state index is 0.00992. The molecule has 1 aliphatic carbocycles. The standard InChI is InChI=1S/C21H19N7O3/c1-27-10-9-22-19(27)21(30)23-14-3-2-4-15(11-14)31-18-8-7-17-24-16(12-28(17)26-18)25-20(29)13-5-6-13/h2-4,7-13H,5-6H2,1H3,(H,23,30)(H,25,29). The lowest BCUT2D eigenvalue weighted by atomic mass is 10.3. The third-order valence-corrected chi connectivity index (χ3v) is 4.83. The number of imidazole rings is 2. The number of carbonyl (C=O) groups excluding carboxylic acids is 2. The van der Waals surface area contributed by atoms with Gasteiger partial charge < -0.3 is 19.9 Å². The molecule has 0 aliphatic heterocycles. The second kappa shape index (κ2) is 7.56. The SMILES string of the molecule is Cn1ccnc1C(=O)Nc1cccc(Oc2ccc3nc(NC(=O)C4CC4)cn3n2)c1. The molecule has 3 heterocycles. The van der Waals surface area contributed by atoms with Crippen molar-refractivity contribution in [3.05, 3.63) is 60.8 Å². The molecule has 2 N–H and O–H groups in total. The summed E-state index contributed by atoms with van der Waals surface area (Å²) in [5, 5.41) is 9.99. The summed E-state index contributed by atoms with van der Waals surface area (Å²) in [6.45, 7) is 0. The van der Waals surface area contributed by atoms with Gasteiger partial charge in [0.1, 0.15) is 5.75 Å². The van der Waals surface area contributed by atoms with Crippen LogP contribution in [0.5, 0.6) is 11.6 Å². The molecular formula is C21H19N7O3. The van der Waals surface area contributed by atoms with E-state index in [4.69, 9.17) is 4.74 Å². The Kier molecular flexibility index (Phi) is 4.58. The van der Waals surface area contributed by atoms with Gasteiger partial charge in [0.15, 0.2) is 17.3 Å². The first kappa shape index (κ1) is 18.8. The number of nitrogens with one attached hydrogen (secondary N) is 2. The molecule has 4 aromatic rings. The van der Waals surface area contributed by atoms with Crippen molar-refractivity contribution >= 4 is 29.0 Å². The lowest BCUT2D eigenvalue weighted by molar-refractivity contribution is -0.117. The number of ether oxygens (including phenoxy) is 1. The van der Waals surface area contributed by atoms with Crippen LogP contribution in [0, 0.1) is 5.92 Å². The fourth-order valence-electron chi connectivity index (χ4n) is 3.08. The number of aryl methyl sites for hydroxylation is 1. The minimum atomic E-state index is -0.316. The molecule has 0 spiro atoms. The van der Waals surface area contributed by atoms with Crippen LogP contribution in [0.4, 0.5) is 11.5 Å². The Morgan fingerprint density at radius 2 is 2.03 bits per heavy atom. The number of fused-ring (bicyclic) bond motifs is 1. The van der Waals surface area contributed by atoms with Crippen molar-refractivity contribution in [2.75, 3.05) is 10.6 Å². The maximum atomic E-state index is 12.3. The fraction of sp³-hybridized carbons (Fsp3) is 0.190. The highest BCUT2D eigenvalue weighted by molar-refractivity contribution is 6.01. The highest BCUT2D eigenvalue weighted by atomic mass is 16.5. The Hall–Kier alpha value is -4.21. The van der Waals surface area contributed by atoms with Gasteiger partial charge in [-0.2, -0.15) is 0 Å². The molecule has 10 heteroatoms. The molecule has 0 unspecified atom stereocenters. The summed E-state index contributed by atoms with van der Waals surface area (Å²) >= 11 is 0. The van der Waals surface area contributed by atoms with E-state index in [2.05, 4.69) is 25.7 Å². The summed E-state index contributed by atoms with van der Waals surface area (Å²) in [6, 6.07) is 10.4. The average molecular weight is 417 g/mol. The summed E-state index contributed by atoms with van der Waals surface area (Å²) in [5.74, 6) is 1.39. The van der Waals surface area contributed by atoms with Gasteiger partial charge in [-0.3, -0.25) is 9.59 Å². The minimum Gasteiger partial charge on any atom is -0.438 e. The van der Waals surface area contributed by atoms with E-state index >= 15 is 0 Å². The summed E-state index contributed by atoms with van der Waals surface area (Å²) in [7, 11) is 1.75. The molecule has 1 aromatic carbocycles. The first-order valence-electron chi connectivity index (χ1n) is 9.79. The van der Waals surface area contributed by atoms with Crippen molar-refractivity contribution in [1.29, 1.82) is 0 Å². The average Bonchev–Trinajstić information content (AvgIpc) is 3.39. The summed E-state index contributed by atoms with van der Waals surface area (Å²) in [5.41, 5.74) is 1.16. The third kappa shape index (κ3) is 4.08. The molecule has 0 radical (unpaired) electrons. The van der Waals surface area contributed by atoms with Crippen LogP contribution >= 0.6 is 0 Å². The maximum absolute atomic E-state index is 12.3. The van der Waals surface area contributed by atoms with E-state index in [9.17, 15) is 9.59 Å². The first-order valence-corrected chi connectivity index (χ1v) is 9.79. The van der Waals surface area contributed by atoms with Crippen LogP contribution in [0.15, 0.2) is 55.0 Å². The molecular weight excluding hydrogens is 398 g/mol. The smallest absolute Gasteiger partial charge is 0.291 e. The van der Waals surface area contributed by atoms with Crippen LogP contribution in [0.3, 0.4) is 0 Å². The Balaban J connectivity index is 1.30. The van der Waals surface area contributed by atoms with E-state index in [1.54, 1.807) is 71.1 Å². The highest BCUT2D eigenvalue weighted by Crippen LogP contribution is 2.30. The molecule has 0 bridgehead atoms. The Morgan fingerprint density at radius 3 is 2.81 bits per heavy atom. The van der Waals surface area contributed by atoms with Gasteiger partial charge >= 0.3 is 0 Å². The summed E-state index contributed by atoms with van der Waals surface area (Å²) in [4.78, 5) is 32.7. The summed E-state index contributed by atoms with van der Waals surface area (Å²) in [6.07, 6.45) is 6.77. The zero-order valence-corrected chi connectivity index (χ0v) is 16.6. The molecule has 31 heavy (non-hydrogen) atoms. The first-order chi connectivity index (χ1) is 15.0. The molecule has 0 saturated heterocycles. The van der Waals surface area contributed by atoms with Crippen LogP contribution in [-0.2, 0) is 11.8 Å². The van der Waals surface area contributed by atoms with Crippen LogP contribution < -0.4 is 15.4 Å². The molecule has 3 aromatic heterocycles. The number of amides is 2. The number of nitrogens with zero attached hydrogens (tertiary/aromatic N) is 5. The predicted octanol–water partition coefficient (Wildman–Crippen LogP) is 2.86. The van der Waals surface area contributed by atoms with Crippen molar-refractivity contribution in [2.45, 2.75) is 12.8 Å². The van der Waals surface area contributed by atoms with Crippen molar-refractivity contribution in [3.63, 3.8) is 0 Å². The fourth-order valence-corrected chi connectivity index (χ4v) is 3.08. The largest absolute Gasteiger partial charge is 0.438 e. The zero-order valence-electron chi connectivity index (χ0n) is 16.6. The van der Waals surface area contributed by atoms with E-state index in [1.807, 2.05) is 0 Å². The Bertz CT molecular complexity index is 1290. The zero-order chi connectivity index (χ0) is 21.4. The van der Waals surface area contributed by atoms with Gasteiger partial charge in [-0.05, 0) is 31.0 Å². The number of anilines is 2. The number of rotatable bonds is 6. The normalized spacial score (nSPS) is 13.2. The maximum Gasteiger partial charge on any atom is 0.291 e. The molecule has 156 valence electrons. The van der Waals surface area contributed by atoms with E-state index in [1.165, 1.54) is 0 Å². The third-order valence-electron chi connectivity index (χ3n) is 4.83. The van der Waals surface area contributed by atoms with Gasteiger partial charge in [-0.25, -0.2) is 14.5 Å². The number of hydrogen-bond acceptors (Lipinski definition) is 6. The Labute approximate surface area is 176 Å². The second-order valence-corrected chi connectivity index (χ2v) is 7.31. The molecule has 10 nitrogen and oxygen atoms in total. The van der Waals surface area contributed by atoms with E-state index < -0.39 is 0 Å². The monoisotopic (exact) mass is 417 g/mol. The van der Waals surface area contributed by atoms with Gasteiger partial charge in [0.2, 0.25) is 11.8 Å². The molecule has 5 rings (SSSR count). The second-order valence-electron chi connectivity index (χ2n) is 7.31. The number of carbonyl (C=O) groups is 2. The molecule has 1 saturated carbocycles. The van der Waals surface area contributed by atoms with Crippen LogP contribution in [0.1, 0.15) is 23.5 Å². The number of aromatic nitrogens is 5. The van der Waals surface area contributed by atoms with E-state index in [0.717, 1.165) is 12.8 Å². The van der Waals surface area contributed by atoms with Crippen LogP contribution in [-0.4, -0.2) is 36.0 Å². The Morgan fingerprint density at radius 1 is 1.16 bits per heavy atom. The highest BCUT2D eigenvalue weighted by Gasteiger charge is 2.30. The lowest BCUT2D eigenvalue weighted by Gasteiger charge is -2.08. The predicted molar refractivity (Wildman–Crippen MR) is 112 cm³/mol.